The van der Waals surface area contributed by atoms with Gasteiger partial charge < -0.3 is 9.88 Å². The van der Waals surface area contributed by atoms with Crippen LogP contribution in [0.5, 0.6) is 0 Å². The number of nitrogens with one attached hydrogen (secondary N) is 1. The van der Waals surface area contributed by atoms with Gasteiger partial charge in [-0.1, -0.05) is 22.0 Å². The number of likely N-dealkylation sites (tertiary alicyclic amines) is 1. The zero-order chi connectivity index (χ0) is 11.5. The molecule has 1 aliphatic heterocycles. The third kappa shape index (κ3) is 2.35. The fourth-order valence-corrected chi connectivity index (χ4v) is 2.41. The lowest BCUT2D eigenvalue weighted by Gasteiger charge is -2.15. The summed E-state index contributed by atoms with van der Waals surface area (Å²) in [4.78, 5) is 27.4. The van der Waals surface area contributed by atoms with Gasteiger partial charge in [0.05, 0.1) is 0 Å². The molecule has 0 saturated carbocycles. The third-order valence-corrected chi connectivity index (χ3v) is 3.71. The summed E-state index contributed by atoms with van der Waals surface area (Å²) in [5, 5.41) is 0.919. The fraction of sp³-hybridized carbons (Fsp3) is 0.455. The van der Waals surface area contributed by atoms with E-state index in [-0.39, 0.29) is 11.5 Å². The number of H-pyrrole nitrogens is 1. The Balaban J connectivity index is 2.11. The average molecular weight is 285 g/mol. The number of carbonyl (C=O) groups excluding carboxylic acids is 1. The summed E-state index contributed by atoms with van der Waals surface area (Å²) >= 11 is 3.42. The van der Waals surface area contributed by atoms with Crippen LogP contribution in [-0.2, 0) is 0 Å². The molecule has 1 aromatic heterocycles. The Bertz CT molecular complexity index is 444. The van der Waals surface area contributed by atoms with Crippen molar-refractivity contribution in [3.05, 3.63) is 34.2 Å². The largest absolute Gasteiger partial charge is 0.337 e. The van der Waals surface area contributed by atoms with Crippen molar-refractivity contribution in [3.63, 3.8) is 0 Å². The fourth-order valence-electron chi connectivity index (χ4n) is 1.89. The molecular formula is C11H13BrN2O2. The number of aromatic nitrogens is 1. The van der Waals surface area contributed by atoms with E-state index in [2.05, 4.69) is 20.9 Å². The first kappa shape index (κ1) is 11.4. The van der Waals surface area contributed by atoms with Crippen LogP contribution in [0.15, 0.2) is 23.0 Å². The maximum Gasteiger partial charge on any atom is 0.270 e. The van der Waals surface area contributed by atoms with Crippen LogP contribution in [0.3, 0.4) is 0 Å². The normalized spacial score (nSPS) is 20.1. The van der Waals surface area contributed by atoms with Gasteiger partial charge in [-0.05, 0) is 18.4 Å². The van der Waals surface area contributed by atoms with Gasteiger partial charge in [0.15, 0.2) is 0 Å². The van der Waals surface area contributed by atoms with Gasteiger partial charge in [0.2, 0.25) is 5.56 Å². The van der Waals surface area contributed by atoms with Crippen molar-refractivity contribution in [2.24, 2.45) is 5.92 Å². The molecule has 1 atom stereocenters. The minimum absolute atomic E-state index is 0.0823. The summed E-state index contributed by atoms with van der Waals surface area (Å²) in [5.74, 6) is 0.445. The molecule has 1 N–H and O–H groups in total. The first-order chi connectivity index (χ1) is 7.70. The molecule has 1 aromatic rings. The monoisotopic (exact) mass is 284 g/mol. The van der Waals surface area contributed by atoms with E-state index in [1.165, 1.54) is 6.07 Å². The van der Waals surface area contributed by atoms with Crippen LogP contribution < -0.4 is 5.56 Å². The standard InChI is InChI=1S/C11H13BrN2O2/c12-6-8-4-5-14(7-8)11(16)9-2-1-3-10(15)13-9/h1-3,8H,4-7H2,(H,13,15). The lowest BCUT2D eigenvalue weighted by atomic mass is 10.2. The number of carbonyl (C=O) groups is 1. The highest BCUT2D eigenvalue weighted by Crippen LogP contribution is 2.19. The molecule has 1 amide bonds. The molecule has 0 aromatic carbocycles. The van der Waals surface area contributed by atoms with Crippen molar-refractivity contribution < 1.29 is 4.79 Å². The van der Waals surface area contributed by atoms with Crippen LogP contribution in [0.25, 0.3) is 0 Å². The Labute approximate surface area is 102 Å². The van der Waals surface area contributed by atoms with Crippen molar-refractivity contribution in [2.45, 2.75) is 6.42 Å². The molecule has 5 heteroatoms. The molecule has 1 fully saturated rings. The van der Waals surface area contributed by atoms with Gasteiger partial charge in [-0.3, -0.25) is 9.59 Å². The molecule has 0 radical (unpaired) electrons. The summed E-state index contributed by atoms with van der Waals surface area (Å²) in [6.45, 7) is 1.53. The molecule has 1 unspecified atom stereocenters. The van der Waals surface area contributed by atoms with Crippen molar-refractivity contribution in [1.82, 2.24) is 9.88 Å². The topological polar surface area (TPSA) is 53.2 Å². The summed E-state index contributed by atoms with van der Waals surface area (Å²) in [6, 6.07) is 4.65. The first-order valence-electron chi connectivity index (χ1n) is 5.25. The summed E-state index contributed by atoms with van der Waals surface area (Å²) < 4.78 is 0. The summed E-state index contributed by atoms with van der Waals surface area (Å²) in [7, 11) is 0. The van der Waals surface area contributed by atoms with E-state index in [4.69, 9.17) is 0 Å². The maximum atomic E-state index is 12.0. The second-order valence-corrected chi connectivity index (χ2v) is 4.64. The van der Waals surface area contributed by atoms with Crippen LogP contribution in [0.4, 0.5) is 0 Å². The molecule has 1 saturated heterocycles. The van der Waals surface area contributed by atoms with E-state index in [0.29, 0.717) is 11.6 Å². The second-order valence-electron chi connectivity index (χ2n) is 3.99. The number of hydrogen-bond acceptors (Lipinski definition) is 2. The van der Waals surface area contributed by atoms with E-state index in [9.17, 15) is 9.59 Å². The van der Waals surface area contributed by atoms with Gasteiger partial charge in [0.1, 0.15) is 5.69 Å². The average Bonchev–Trinajstić information content (AvgIpc) is 2.76. The van der Waals surface area contributed by atoms with Crippen LogP contribution in [0.1, 0.15) is 16.9 Å². The Morgan fingerprint density at radius 3 is 3.00 bits per heavy atom. The maximum absolute atomic E-state index is 12.0. The summed E-state index contributed by atoms with van der Waals surface area (Å²) in [5.41, 5.74) is 0.143. The molecular weight excluding hydrogens is 272 g/mol. The van der Waals surface area contributed by atoms with Crippen LogP contribution in [0.2, 0.25) is 0 Å². The van der Waals surface area contributed by atoms with Crippen LogP contribution >= 0.6 is 15.9 Å². The Hall–Kier alpha value is -1.10. The highest BCUT2D eigenvalue weighted by atomic mass is 79.9. The molecule has 16 heavy (non-hydrogen) atoms. The van der Waals surface area contributed by atoms with Gasteiger partial charge in [0, 0.05) is 24.5 Å². The quantitative estimate of drug-likeness (QED) is 0.831. The molecule has 0 spiro atoms. The zero-order valence-electron chi connectivity index (χ0n) is 8.78. The van der Waals surface area contributed by atoms with E-state index >= 15 is 0 Å². The minimum Gasteiger partial charge on any atom is -0.337 e. The van der Waals surface area contributed by atoms with E-state index in [1.54, 1.807) is 17.0 Å². The first-order valence-corrected chi connectivity index (χ1v) is 6.37. The van der Waals surface area contributed by atoms with Gasteiger partial charge >= 0.3 is 0 Å². The van der Waals surface area contributed by atoms with Crippen molar-refractivity contribution in [3.8, 4) is 0 Å². The second kappa shape index (κ2) is 4.82. The molecule has 0 aliphatic carbocycles. The smallest absolute Gasteiger partial charge is 0.270 e. The number of pyridine rings is 1. The molecule has 0 bridgehead atoms. The number of nitrogens with zero attached hydrogens (tertiary/aromatic N) is 1. The van der Waals surface area contributed by atoms with E-state index < -0.39 is 0 Å². The zero-order valence-corrected chi connectivity index (χ0v) is 10.4. The SMILES string of the molecule is O=C(c1cccc(=O)[nH]1)N1CCC(CBr)C1. The predicted molar refractivity (Wildman–Crippen MR) is 64.9 cm³/mol. The predicted octanol–water partition coefficient (Wildman–Crippen LogP) is 1.23. The Morgan fingerprint density at radius 1 is 1.56 bits per heavy atom. The van der Waals surface area contributed by atoms with Gasteiger partial charge in [0.25, 0.3) is 5.91 Å². The highest BCUT2D eigenvalue weighted by molar-refractivity contribution is 9.09. The minimum atomic E-state index is -0.234. The number of alkyl halides is 1. The highest BCUT2D eigenvalue weighted by Gasteiger charge is 2.26. The molecule has 86 valence electrons. The lowest BCUT2D eigenvalue weighted by Crippen LogP contribution is -2.30. The van der Waals surface area contributed by atoms with Crippen molar-refractivity contribution in [2.75, 3.05) is 18.4 Å². The lowest BCUT2D eigenvalue weighted by molar-refractivity contribution is 0.0782. The molecule has 1 aliphatic rings. The number of hydrogen-bond donors (Lipinski definition) is 1. The van der Waals surface area contributed by atoms with Gasteiger partial charge in [-0.2, -0.15) is 0 Å². The molecule has 2 rings (SSSR count). The van der Waals surface area contributed by atoms with E-state index in [0.717, 1.165) is 24.8 Å². The van der Waals surface area contributed by atoms with Crippen molar-refractivity contribution in [1.29, 1.82) is 0 Å². The number of amides is 1. The number of aromatic amines is 1. The van der Waals surface area contributed by atoms with E-state index in [1.807, 2.05) is 0 Å². The van der Waals surface area contributed by atoms with Crippen LogP contribution in [0, 0.1) is 5.92 Å². The summed E-state index contributed by atoms with van der Waals surface area (Å²) in [6.07, 6.45) is 1.02. The third-order valence-electron chi connectivity index (χ3n) is 2.79. The Morgan fingerprint density at radius 2 is 2.38 bits per heavy atom. The van der Waals surface area contributed by atoms with Crippen molar-refractivity contribution >= 4 is 21.8 Å². The number of halogens is 1. The Kier molecular flexibility index (Phi) is 3.43. The molecule has 4 nitrogen and oxygen atoms in total. The van der Waals surface area contributed by atoms with Crippen LogP contribution in [-0.4, -0.2) is 34.2 Å². The number of rotatable bonds is 2. The molecule has 2 heterocycles. The van der Waals surface area contributed by atoms with Gasteiger partial charge in [-0.25, -0.2) is 0 Å². The van der Waals surface area contributed by atoms with Gasteiger partial charge in [-0.15, -0.1) is 0 Å².